The number of nitrogens with two attached hydrogens (primary N) is 1. The lowest BCUT2D eigenvalue weighted by Crippen LogP contribution is -2.26. The summed E-state index contributed by atoms with van der Waals surface area (Å²) < 4.78 is 44.8. The predicted octanol–water partition coefficient (Wildman–Crippen LogP) is 5.26. The number of benzene rings is 2. The van der Waals surface area contributed by atoms with Gasteiger partial charge >= 0.3 is 6.18 Å². The van der Waals surface area contributed by atoms with Crippen molar-refractivity contribution in [1.82, 2.24) is 0 Å². The number of nitrogen functional groups attached to an aromatic ring is 1. The van der Waals surface area contributed by atoms with E-state index in [0.717, 1.165) is 0 Å². The average Bonchev–Trinajstić information content (AvgIpc) is 2.38. The number of anilines is 1. The molecule has 1 atom stereocenters. The summed E-state index contributed by atoms with van der Waals surface area (Å²) >= 11 is 11.7. The topological polar surface area (TPSA) is 35.2 Å². The molecule has 0 amide bonds. The second-order valence-electron chi connectivity index (χ2n) is 4.24. The quantitative estimate of drug-likeness (QED) is 0.776. The van der Waals surface area contributed by atoms with Gasteiger partial charge in [0.25, 0.3) is 0 Å². The standard InChI is InChI=1S/C14H10Cl2F3NO/c15-10-2-1-3-11(16)12(10)13(14(17,18)19)21-9-6-4-8(20)5-7-9/h1-7,13H,20H2. The van der Waals surface area contributed by atoms with Crippen molar-refractivity contribution >= 4 is 28.9 Å². The van der Waals surface area contributed by atoms with Crippen molar-refractivity contribution in [3.8, 4) is 5.75 Å². The second kappa shape index (κ2) is 6.03. The highest BCUT2D eigenvalue weighted by atomic mass is 35.5. The summed E-state index contributed by atoms with van der Waals surface area (Å²) in [5.74, 6) is 0.0162. The minimum absolute atomic E-state index is 0.0162. The minimum Gasteiger partial charge on any atom is -0.476 e. The third-order valence-corrected chi connectivity index (χ3v) is 3.35. The van der Waals surface area contributed by atoms with Crippen molar-refractivity contribution < 1.29 is 17.9 Å². The van der Waals surface area contributed by atoms with E-state index in [9.17, 15) is 13.2 Å². The molecule has 0 aliphatic heterocycles. The van der Waals surface area contributed by atoms with Gasteiger partial charge in [-0.3, -0.25) is 0 Å². The summed E-state index contributed by atoms with van der Waals surface area (Å²) in [6, 6.07) is 9.69. The van der Waals surface area contributed by atoms with Gasteiger partial charge in [-0.15, -0.1) is 0 Å². The van der Waals surface area contributed by atoms with Crippen LogP contribution in [0.2, 0.25) is 10.0 Å². The number of halogens is 5. The molecule has 7 heteroatoms. The first-order chi connectivity index (χ1) is 9.79. The van der Waals surface area contributed by atoms with Crippen molar-refractivity contribution in [1.29, 1.82) is 0 Å². The Balaban J connectivity index is 2.42. The zero-order valence-electron chi connectivity index (χ0n) is 10.5. The van der Waals surface area contributed by atoms with E-state index in [1.807, 2.05) is 0 Å². The van der Waals surface area contributed by atoms with Gasteiger partial charge in [-0.1, -0.05) is 29.3 Å². The Kier molecular flexibility index (Phi) is 4.54. The van der Waals surface area contributed by atoms with Crippen LogP contribution in [0.5, 0.6) is 5.75 Å². The Morgan fingerprint density at radius 2 is 1.48 bits per heavy atom. The molecule has 2 rings (SSSR count). The van der Waals surface area contributed by atoms with Crippen LogP contribution in [0.3, 0.4) is 0 Å². The molecular weight excluding hydrogens is 326 g/mol. The lowest BCUT2D eigenvalue weighted by Gasteiger charge is -2.24. The monoisotopic (exact) mass is 335 g/mol. The van der Waals surface area contributed by atoms with E-state index in [1.165, 1.54) is 42.5 Å². The smallest absolute Gasteiger partial charge is 0.429 e. The van der Waals surface area contributed by atoms with Gasteiger partial charge in [0.05, 0.1) is 0 Å². The van der Waals surface area contributed by atoms with Crippen LogP contribution in [0.4, 0.5) is 18.9 Å². The van der Waals surface area contributed by atoms with Gasteiger partial charge in [-0.2, -0.15) is 13.2 Å². The van der Waals surface area contributed by atoms with Gasteiger partial charge in [-0.05, 0) is 36.4 Å². The van der Waals surface area contributed by atoms with Gasteiger partial charge in [0.2, 0.25) is 6.10 Å². The third-order valence-electron chi connectivity index (χ3n) is 2.69. The van der Waals surface area contributed by atoms with Crippen molar-refractivity contribution in [2.24, 2.45) is 0 Å². The van der Waals surface area contributed by atoms with Crippen LogP contribution in [-0.4, -0.2) is 6.18 Å². The maximum Gasteiger partial charge on any atom is 0.429 e. The molecule has 2 nitrogen and oxygen atoms in total. The van der Waals surface area contributed by atoms with E-state index < -0.39 is 12.3 Å². The molecule has 2 aromatic carbocycles. The van der Waals surface area contributed by atoms with Crippen molar-refractivity contribution in [2.45, 2.75) is 12.3 Å². The number of ether oxygens (including phenoxy) is 1. The lowest BCUT2D eigenvalue weighted by molar-refractivity contribution is -0.197. The van der Waals surface area contributed by atoms with E-state index in [0.29, 0.717) is 5.69 Å². The highest BCUT2D eigenvalue weighted by Crippen LogP contribution is 2.42. The molecule has 0 aromatic heterocycles. The van der Waals surface area contributed by atoms with E-state index in [-0.39, 0.29) is 21.4 Å². The Morgan fingerprint density at radius 1 is 0.952 bits per heavy atom. The van der Waals surface area contributed by atoms with Crippen molar-refractivity contribution in [2.75, 3.05) is 5.73 Å². The number of hydrogen-bond donors (Lipinski definition) is 1. The fourth-order valence-electron chi connectivity index (χ4n) is 1.73. The molecule has 0 aliphatic carbocycles. The third kappa shape index (κ3) is 3.74. The summed E-state index contributed by atoms with van der Waals surface area (Å²) in [6.07, 6.45) is -6.93. The second-order valence-corrected chi connectivity index (χ2v) is 5.06. The molecule has 0 saturated carbocycles. The number of hydrogen-bond acceptors (Lipinski definition) is 2. The van der Waals surface area contributed by atoms with Crippen LogP contribution in [0.1, 0.15) is 11.7 Å². The molecule has 0 saturated heterocycles. The van der Waals surface area contributed by atoms with Gasteiger partial charge in [0, 0.05) is 21.3 Å². The zero-order chi connectivity index (χ0) is 15.6. The van der Waals surface area contributed by atoms with Crippen LogP contribution >= 0.6 is 23.2 Å². The molecule has 0 aliphatic rings. The molecule has 0 radical (unpaired) electrons. The van der Waals surface area contributed by atoms with Crippen LogP contribution < -0.4 is 10.5 Å². The lowest BCUT2D eigenvalue weighted by atomic mass is 10.1. The first-order valence-electron chi connectivity index (χ1n) is 5.82. The van der Waals surface area contributed by atoms with Gasteiger partial charge in [0.15, 0.2) is 0 Å². The van der Waals surface area contributed by atoms with Crippen LogP contribution in [0.25, 0.3) is 0 Å². The van der Waals surface area contributed by atoms with E-state index in [4.69, 9.17) is 33.7 Å². The molecule has 0 spiro atoms. The molecule has 0 bridgehead atoms. The largest absolute Gasteiger partial charge is 0.476 e. The SMILES string of the molecule is Nc1ccc(OC(c2c(Cl)cccc2Cl)C(F)(F)F)cc1. The summed E-state index contributed by atoms with van der Waals surface area (Å²) in [7, 11) is 0. The number of alkyl halides is 3. The predicted molar refractivity (Wildman–Crippen MR) is 76.7 cm³/mol. The highest BCUT2D eigenvalue weighted by molar-refractivity contribution is 6.36. The number of rotatable bonds is 3. The first kappa shape index (κ1) is 15.8. The normalized spacial score (nSPS) is 13.0. The van der Waals surface area contributed by atoms with Crippen LogP contribution in [0.15, 0.2) is 42.5 Å². The Hall–Kier alpha value is -1.59. The summed E-state index contributed by atoms with van der Waals surface area (Å²) in [4.78, 5) is 0. The van der Waals surface area contributed by atoms with Crippen molar-refractivity contribution in [3.63, 3.8) is 0 Å². The first-order valence-corrected chi connectivity index (χ1v) is 6.57. The fourth-order valence-corrected chi connectivity index (χ4v) is 2.33. The Labute approximate surface area is 129 Å². The fraction of sp³-hybridized carbons (Fsp3) is 0.143. The zero-order valence-corrected chi connectivity index (χ0v) is 12.0. The Morgan fingerprint density at radius 3 is 1.95 bits per heavy atom. The summed E-state index contributed by atoms with van der Waals surface area (Å²) in [6.45, 7) is 0. The molecule has 0 fully saturated rings. The highest BCUT2D eigenvalue weighted by Gasteiger charge is 2.45. The van der Waals surface area contributed by atoms with E-state index in [1.54, 1.807) is 0 Å². The minimum atomic E-state index is -4.67. The van der Waals surface area contributed by atoms with Crippen LogP contribution in [0, 0.1) is 0 Å². The molecule has 2 aromatic rings. The molecule has 2 N–H and O–H groups in total. The van der Waals surface area contributed by atoms with Gasteiger partial charge in [0.1, 0.15) is 5.75 Å². The van der Waals surface area contributed by atoms with Crippen LogP contribution in [-0.2, 0) is 0 Å². The maximum absolute atomic E-state index is 13.3. The Bertz CT molecular complexity index is 609. The van der Waals surface area contributed by atoms with E-state index in [2.05, 4.69) is 0 Å². The maximum atomic E-state index is 13.3. The molecular formula is C14H10Cl2F3NO. The van der Waals surface area contributed by atoms with Crippen molar-refractivity contribution in [3.05, 3.63) is 58.1 Å². The summed E-state index contributed by atoms with van der Waals surface area (Å²) in [5.41, 5.74) is 5.59. The van der Waals surface area contributed by atoms with E-state index >= 15 is 0 Å². The molecule has 112 valence electrons. The molecule has 1 unspecified atom stereocenters. The molecule has 0 heterocycles. The van der Waals surface area contributed by atoms with Gasteiger partial charge < -0.3 is 10.5 Å². The summed E-state index contributed by atoms with van der Waals surface area (Å²) in [5, 5.41) is -0.222. The average molecular weight is 336 g/mol. The molecule has 21 heavy (non-hydrogen) atoms. The van der Waals surface area contributed by atoms with Gasteiger partial charge in [-0.25, -0.2) is 0 Å².